The Balaban J connectivity index is 2.71. The first-order chi connectivity index (χ1) is 6.09. The normalized spacial score (nSPS) is 12.2. The van der Waals surface area contributed by atoms with Crippen LogP contribution in [0.5, 0.6) is 0 Å². The van der Waals surface area contributed by atoms with Crippen molar-refractivity contribution >= 4 is 5.97 Å². The molecule has 0 heterocycles. The Bertz CT molecular complexity index is 297. The van der Waals surface area contributed by atoms with Crippen LogP contribution in [0.2, 0.25) is 0 Å². The first kappa shape index (κ1) is 9.67. The van der Waals surface area contributed by atoms with Crippen LogP contribution in [0.3, 0.4) is 0 Å². The van der Waals surface area contributed by atoms with Gasteiger partial charge in [0.2, 0.25) is 0 Å². The van der Waals surface area contributed by atoms with Crippen molar-refractivity contribution in [1.29, 1.82) is 0 Å². The molecule has 1 aromatic carbocycles. The highest BCUT2D eigenvalue weighted by Gasteiger charge is 2.07. The third-order valence-corrected chi connectivity index (χ3v) is 1.49. The minimum atomic E-state index is -0.821. The third kappa shape index (κ3) is 2.83. The second-order valence-electron chi connectivity index (χ2n) is 2.58. The van der Waals surface area contributed by atoms with E-state index in [-0.39, 0.29) is 5.82 Å². The van der Waals surface area contributed by atoms with Gasteiger partial charge in [0.1, 0.15) is 5.82 Å². The van der Waals surface area contributed by atoms with E-state index in [1.165, 1.54) is 31.2 Å². The summed E-state index contributed by atoms with van der Waals surface area (Å²) in [5.41, 5.74) is 6.05. The summed E-state index contributed by atoms with van der Waals surface area (Å²) in [7, 11) is 0. The van der Waals surface area contributed by atoms with Gasteiger partial charge < -0.3 is 4.74 Å². The standard InChI is InChI=1S/C9H10FNO2/c1-6(12)13-9(11)7-2-4-8(10)5-3-7/h2-5,9H,11H2,1H3/t9-/m0/s1. The Morgan fingerprint density at radius 3 is 2.46 bits per heavy atom. The largest absolute Gasteiger partial charge is 0.443 e. The van der Waals surface area contributed by atoms with Crippen LogP contribution in [0.25, 0.3) is 0 Å². The quantitative estimate of drug-likeness (QED) is 0.556. The predicted molar refractivity (Wildman–Crippen MR) is 45.1 cm³/mol. The summed E-state index contributed by atoms with van der Waals surface area (Å²) in [6, 6.07) is 5.48. The van der Waals surface area contributed by atoms with E-state index in [2.05, 4.69) is 0 Å². The lowest BCUT2D eigenvalue weighted by molar-refractivity contribution is -0.146. The molecule has 0 aromatic heterocycles. The molecule has 13 heavy (non-hydrogen) atoms. The van der Waals surface area contributed by atoms with E-state index >= 15 is 0 Å². The van der Waals surface area contributed by atoms with Crippen LogP contribution in [-0.4, -0.2) is 5.97 Å². The van der Waals surface area contributed by atoms with Crippen LogP contribution in [0.15, 0.2) is 24.3 Å². The Hall–Kier alpha value is -1.42. The lowest BCUT2D eigenvalue weighted by Crippen LogP contribution is -2.16. The molecule has 1 atom stereocenters. The maximum atomic E-state index is 12.5. The molecule has 2 N–H and O–H groups in total. The van der Waals surface area contributed by atoms with Gasteiger partial charge in [0.05, 0.1) is 0 Å². The highest BCUT2D eigenvalue weighted by atomic mass is 19.1. The molecule has 0 aliphatic rings. The lowest BCUT2D eigenvalue weighted by atomic mass is 10.2. The van der Waals surface area contributed by atoms with E-state index in [9.17, 15) is 9.18 Å². The van der Waals surface area contributed by atoms with Crippen molar-refractivity contribution in [2.24, 2.45) is 5.73 Å². The molecule has 0 amide bonds. The van der Waals surface area contributed by atoms with E-state index < -0.39 is 12.2 Å². The molecular formula is C9H10FNO2. The Kier molecular flexibility index (Phi) is 2.97. The molecule has 0 aliphatic carbocycles. The summed E-state index contributed by atoms with van der Waals surface area (Å²) in [6.07, 6.45) is -0.821. The van der Waals surface area contributed by atoms with Crippen molar-refractivity contribution in [3.8, 4) is 0 Å². The van der Waals surface area contributed by atoms with Gasteiger partial charge in [0, 0.05) is 12.5 Å². The molecule has 0 radical (unpaired) electrons. The zero-order valence-electron chi connectivity index (χ0n) is 7.16. The zero-order chi connectivity index (χ0) is 9.84. The summed E-state index contributed by atoms with van der Waals surface area (Å²) in [5.74, 6) is -0.810. The van der Waals surface area contributed by atoms with E-state index in [0.717, 1.165) is 0 Å². The van der Waals surface area contributed by atoms with Gasteiger partial charge in [-0.15, -0.1) is 0 Å². The van der Waals surface area contributed by atoms with Crippen molar-refractivity contribution < 1.29 is 13.9 Å². The second-order valence-corrected chi connectivity index (χ2v) is 2.58. The van der Waals surface area contributed by atoms with E-state index in [0.29, 0.717) is 5.56 Å². The lowest BCUT2D eigenvalue weighted by Gasteiger charge is -2.11. The molecule has 3 nitrogen and oxygen atoms in total. The second kappa shape index (κ2) is 4.00. The zero-order valence-corrected chi connectivity index (χ0v) is 7.16. The maximum Gasteiger partial charge on any atom is 0.304 e. The molecule has 0 aliphatic heterocycles. The number of esters is 1. The van der Waals surface area contributed by atoms with Crippen molar-refractivity contribution in [1.82, 2.24) is 0 Å². The summed E-state index contributed by atoms with van der Waals surface area (Å²) in [4.78, 5) is 10.5. The molecule has 4 heteroatoms. The number of halogens is 1. The van der Waals surface area contributed by atoms with Crippen LogP contribution in [0.4, 0.5) is 4.39 Å². The van der Waals surface area contributed by atoms with Gasteiger partial charge in [0.15, 0.2) is 6.23 Å². The number of hydrogen-bond acceptors (Lipinski definition) is 3. The molecule has 0 spiro atoms. The van der Waals surface area contributed by atoms with Crippen molar-refractivity contribution in [3.63, 3.8) is 0 Å². The van der Waals surface area contributed by atoms with E-state index in [1.807, 2.05) is 0 Å². The number of nitrogens with two attached hydrogens (primary N) is 1. The predicted octanol–water partition coefficient (Wildman–Crippen LogP) is 1.35. The Morgan fingerprint density at radius 1 is 1.46 bits per heavy atom. The number of ether oxygens (including phenoxy) is 1. The average Bonchev–Trinajstić information content (AvgIpc) is 2.04. The fraction of sp³-hybridized carbons (Fsp3) is 0.222. The number of rotatable bonds is 2. The number of hydrogen-bond donors (Lipinski definition) is 1. The average molecular weight is 183 g/mol. The van der Waals surface area contributed by atoms with Gasteiger partial charge >= 0.3 is 5.97 Å². The van der Waals surface area contributed by atoms with Crippen LogP contribution < -0.4 is 5.73 Å². The summed E-state index contributed by atoms with van der Waals surface area (Å²) in [6.45, 7) is 1.27. The van der Waals surface area contributed by atoms with Gasteiger partial charge in [-0.05, 0) is 12.1 Å². The third-order valence-electron chi connectivity index (χ3n) is 1.49. The summed E-state index contributed by atoms with van der Waals surface area (Å²) >= 11 is 0. The van der Waals surface area contributed by atoms with Crippen LogP contribution in [0, 0.1) is 5.82 Å². The molecule has 0 saturated carbocycles. The highest BCUT2D eigenvalue weighted by Crippen LogP contribution is 2.12. The minimum Gasteiger partial charge on any atom is -0.443 e. The molecular weight excluding hydrogens is 173 g/mol. The van der Waals surface area contributed by atoms with Crippen molar-refractivity contribution in [2.45, 2.75) is 13.2 Å². The van der Waals surface area contributed by atoms with Crippen LogP contribution in [0.1, 0.15) is 18.7 Å². The monoisotopic (exact) mass is 183 g/mol. The van der Waals surface area contributed by atoms with Gasteiger partial charge in [-0.1, -0.05) is 12.1 Å². The fourth-order valence-corrected chi connectivity index (χ4v) is 0.899. The molecule has 1 rings (SSSR count). The molecule has 0 unspecified atom stereocenters. The fourth-order valence-electron chi connectivity index (χ4n) is 0.899. The Morgan fingerprint density at radius 2 is 2.00 bits per heavy atom. The first-order valence-electron chi connectivity index (χ1n) is 3.78. The number of benzene rings is 1. The van der Waals surface area contributed by atoms with Gasteiger partial charge in [0.25, 0.3) is 0 Å². The smallest absolute Gasteiger partial charge is 0.304 e. The first-order valence-corrected chi connectivity index (χ1v) is 3.78. The molecule has 0 bridgehead atoms. The SMILES string of the molecule is CC(=O)O[C@H](N)c1ccc(F)cc1. The molecule has 0 fully saturated rings. The molecule has 70 valence electrons. The van der Waals surface area contributed by atoms with E-state index in [4.69, 9.17) is 10.5 Å². The number of carbonyl (C=O) groups excluding carboxylic acids is 1. The van der Waals surface area contributed by atoms with Gasteiger partial charge in [-0.25, -0.2) is 4.39 Å². The highest BCUT2D eigenvalue weighted by molar-refractivity contribution is 5.66. The Labute approximate surface area is 75.3 Å². The van der Waals surface area contributed by atoms with Crippen LogP contribution in [-0.2, 0) is 9.53 Å². The van der Waals surface area contributed by atoms with Gasteiger partial charge in [-0.2, -0.15) is 0 Å². The topological polar surface area (TPSA) is 52.3 Å². The van der Waals surface area contributed by atoms with E-state index in [1.54, 1.807) is 0 Å². The van der Waals surface area contributed by atoms with Crippen LogP contribution >= 0.6 is 0 Å². The van der Waals surface area contributed by atoms with Crippen molar-refractivity contribution in [3.05, 3.63) is 35.6 Å². The van der Waals surface area contributed by atoms with Gasteiger partial charge in [-0.3, -0.25) is 10.5 Å². The summed E-state index contributed by atoms with van der Waals surface area (Å²) in [5, 5.41) is 0. The van der Waals surface area contributed by atoms with Crippen molar-refractivity contribution in [2.75, 3.05) is 0 Å². The maximum absolute atomic E-state index is 12.5. The molecule has 1 aromatic rings. The molecule has 0 saturated heterocycles. The minimum absolute atomic E-state index is 0.348. The summed E-state index contributed by atoms with van der Waals surface area (Å²) < 4.78 is 17.2. The number of carbonyl (C=O) groups is 1.